The third-order valence-corrected chi connectivity index (χ3v) is 3.14. The molecule has 2 atom stereocenters. The number of nitrogens with two attached hydrogens (primary N) is 1. The molecule has 2 saturated heterocycles. The fourth-order valence-corrected chi connectivity index (χ4v) is 2.36. The van der Waals surface area contributed by atoms with Crippen LogP contribution >= 0.6 is 0 Å². The van der Waals surface area contributed by atoms with Crippen molar-refractivity contribution in [2.24, 2.45) is 5.73 Å². The van der Waals surface area contributed by atoms with E-state index in [9.17, 15) is 0 Å². The molecule has 3 nitrogen and oxygen atoms in total. The SMILES string of the molecule is CN1CCC(N2CCC(N)C2)C1. The molecule has 2 unspecified atom stereocenters. The van der Waals surface area contributed by atoms with Crippen molar-refractivity contribution in [3.05, 3.63) is 0 Å². The maximum absolute atomic E-state index is 5.87. The molecule has 2 aliphatic rings. The van der Waals surface area contributed by atoms with Gasteiger partial charge in [0.1, 0.15) is 0 Å². The number of rotatable bonds is 1. The second-order valence-corrected chi connectivity index (χ2v) is 4.25. The highest BCUT2D eigenvalue weighted by molar-refractivity contribution is 4.88. The van der Waals surface area contributed by atoms with Gasteiger partial charge in [0.25, 0.3) is 0 Å². The van der Waals surface area contributed by atoms with Gasteiger partial charge in [-0.2, -0.15) is 0 Å². The van der Waals surface area contributed by atoms with Crippen LogP contribution in [0.2, 0.25) is 0 Å². The Morgan fingerprint density at radius 1 is 1.17 bits per heavy atom. The summed E-state index contributed by atoms with van der Waals surface area (Å²) in [4.78, 5) is 4.97. The minimum Gasteiger partial charge on any atom is -0.326 e. The van der Waals surface area contributed by atoms with E-state index in [-0.39, 0.29) is 0 Å². The van der Waals surface area contributed by atoms with Gasteiger partial charge in [-0.25, -0.2) is 0 Å². The summed E-state index contributed by atoms with van der Waals surface area (Å²) >= 11 is 0. The van der Waals surface area contributed by atoms with Crippen LogP contribution in [0.5, 0.6) is 0 Å². The lowest BCUT2D eigenvalue weighted by Crippen LogP contribution is -2.37. The second kappa shape index (κ2) is 3.32. The Hall–Kier alpha value is -0.120. The zero-order chi connectivity index (χ0) is 8.55. The average Bonchev–Trinajstić information content (AvgIpc) is 2.58. The number of nitrogens with zero attached hydrogens (tertiary/aromatic N) is 2. The monoisotopic (exact) mass is 169 g/mol. The van der Waals surface area contributed by atoms with Gasteiger partial charge >= 0.3 is 0 Å². The minimum absolute atomic E-state index is 0.441. The van der Waals surface area contributed by atoms with Gasteiger partial charge in [-0.1, -0.05) is 0 Å². The molecular formula is C9H19N3. The summed E-state index contributed by atoms with van der Waals surface area (Å²) in [6.07, 6.45) is 2.53. The fourth-order valence-electron chi connectivity index (χ4n) is 2.36. The molecule has 2 rings (SSSR count). The molecule has 2 heterocycles. The van der Waals surface area contributed by atoms with Crippen molar-refractivity contribution in [1.29, 1.82) is 0 Å². The van der Waals surface area contributed by atoms with Gasteiger partial charge in [0.05, 0.1) is 0 Å². The Kier molecular flexibility index (Phi) is 2.35. The lowest BCUT2D eigenvalue weighted by molar-refractivity contribution is 0.240. The Balaban J connectivity index is 1.85. The van der Waals surface area contributed by atoms with Crippen molar-refractivity contribution in [2.75, 3.05) is 33.2 Å². The molecule has 3 heteroatoms. The molecule has 0 aromatic heterocycles. The quantitative estimate of drug-likeness (QED) is 0.586. The van der Waals surface area contributed by atoms with Gasteiger partial charge in [0.15, 0.2) is 0 Å². The molecule has 0 saturated carbocycles. The van der Waals surface area contributed by atoms with Crippen LogP contribution in [0.25, 0.3) is 0 Å². The van der Waals surface area contributed by atoms with Crippen molar-refractivity contribution in [3.8, 4) is 0 Å². The molecule has 2 N–H and O–H groups in total. The van der Waals surface area contributed by atoms with Crippen molar-refractivity contribution < 1.29 is 0 Å². The normalized spacial score (nSPS) is 39.5. The molecular weight excluding hydrogens is 150 g/mol. The number of hydrogen-bond donors (Lipinski definition) is 1. The molecule has 0 spiro atoms. The molecule has 0 bridgehead atoms. The lowest BCUT2D eigenvalue weighted by Gasteiger charge is -2.23. The Morgan fingerprint density at radius 2 is 2.00 bits per heavy atom. The summed E-state index contributed by atoms with van der Waals surface area (Å²) < 4.78 is 0. The van der Waals surface area contributed by atoms with E-state index < -0.39 is 0 Å². The van der Waals surface area contributed by atoms with Crippen LogP contribution in [0.1, 0.15) is 12.8 Å². The molecule has 0 aliphatic carbocycles. The summed E-state index contributed by atoms with van der Waals surface area (Å²) in [5, 5.41) is 0. The minimum atomic E-state index is 0.441. The predicted octanol–water partition coefficient (Wildman–Crippen LogP) is -0.276. The standard InChI is InChI=1S/C9H19N3/c1-11-4-3-9(7-11)12-5-2-8(10)6-12/h8-9H,2-7,10H2,1H3. The van der Waals surface area contributed by atoms with Gasteiger partial charge in [0.2, 0.25) is 0 Å². The third-order valence-electron chi connectivity index (χ3n) is 3.14. The molecule has 12 heavy (non-hydrogen) atoms. The molecule has 2 fully saturated rings. The van der Waals surface area contributed by atoms with Gasteiger partial charge < -0.3 is 10.6 Å². The second-order valence-electron chi connectivity index (χ2n) is 4.25. The first-order chi connectivity index (χ1) is 5.75. The zero-order valence-electron chi connectivity index (χ0n) is 7.87. The number of hydrogen-bond acceptors (Lipinski definition) is 3. The average molecular weight is 169 g/mol. The largest absolute Gasteiger partial charge is 0.326 e. The highest BCUT2D eigenvalue weighted by Gasteiger charge is 2.29. The van der Waals surface area contributed by atoms with Gasteiger partial charge in [-0.15, -0.1) is 0 Å². The van der Waals surface area contributed by atoms with E-state index in [0.29, 0.717) is 6.04 Å². The first-order valence-electron chi connectivity index (χ1n) is 4.94. The van der Waals surface area contributed by atoms with E-state index in [4.69, 9.17) is 5.73 Å². The van der Waals surface area contributed by atoms with Crippen LogP contribution < -0.4 is 5.73 Å². The molecule has 0 amide bonds. The predicted molar refractivity (Wildman–Crippen MR) is 50.1 cm³/mol. The molecule has 0 aromatic rings. The summed E-state index contributed by atoms with van der Waals surface area (Å²) in [7, 11) is 2.20. The highest BCUT2D eigenvalue weighted by atomic mass is 15.3. The summed E-state index contributed by atoms with van der Waals surface area (Å²) in [5.74, 6) is 0. The topological polar surface area (TPSA) is 32.5 Å². The van der Waals surface area contributed by atoms with Crippen LogP contribution in [-0.2, 0) is 0 Å². The first kappa shape index (κ1) is 8.48. The molecule has 70 valence electrons. The van der Waals surface area contributed by atoms with Crippen molar-refractivity contribution in [2.45, 2.75) is 24.9 Å². The van der Waals surface area contributed by atoms with Crippen molar-refractivity contribution in [1.82, 2.24) is 9.80 Å². The van der Waals surface area contributed by atoms with E-state index in [1.807, 2.05) is 0 Å². The van der Waals surface area contributed by atoms with Gasteiger partial charge in [0, 0.05) is 31.7 Å². The summed E-state index contributed by atoms with van der Waals surface area (Å²) in [6.45, 7) is 4.85. The lowest BCUT2D eigenvalue weighted by atomic mass is 10.2. The maximum Gasteiger partial charge on any atom is 0.0235 e. The van der Waals surface area contributed by atoms with Crippen LogP contribution in [0, 0.1) is 0 Å². The van der Waals surface area contributed by atoms with E-state index in [0.717, 1.165) is 12.6 Å². The van der Waals surface area contributed by atoms with E-state index in [1.165, 1.54) is 32.5 Å². The molecule has 0 aromatic carbocycles. The van der Waals surface area contributed by atoms with Crippen LogP contribution in [0.4, 0.5) is 0 Å². The Bertz CT molecular complexity index is 142. The zero-order valence-corrected chi connectivity index (χ0v) is 7.87. The van der Waals surface area contributed by atoms with Crippen molar-refractivity contribution in [3.63, 3.8) is 0 Å². The van der Waals surface area contributed by atoms with E-state index in [2.05, 4.69) is 16.8 Å². The smallest absolute Gasteiger partial charge is 0.0235 e. The maximum atomic E-state index is 5.87. The summed E-state index contributed by atoms with van der Waals surface area (Å²) in [6, 6.07) is 1.24. The van der Waals surface area contributed by atoms with Gasteiger partial charge in [-0.3, -0.25) is 4.90 Å². The number of likely N-dealkylation sites (tertiary alicyclic amines) is 2. The van der Waals surface area contributed by atoms with Gasteiger partial charge in [-0.05, 0) is 26.4 Å². The summed E-state index contributed by atoms with van der Waals surface area (Å²) in [5.41, 5.74) is 5.87. The third kappa shape index (κ3) is 1.63. The van der Waals surface area contributed by atoms with E-state index in [1.54, 1.807) is 0 Å². The van der Waals surface area contributed by atoms with Crippen LogP contribution in [-0.4, -0.2) is 55.1 Å². The van der Waals surface area contributed by atoms with Crippen LogP contribution in [0.3, 0.4) is 0 Å². The highest BCUT2D eigenvalue weighted by Crippen LogP contribution is 2.18. The van der Waals surface area contributed by atoms with Crippen LogP contribution in [0.15, 0.2) is 0 Å². The van der Waals surface area contributed by atoms with E-state index >= 15 is 0 Å². The fraction of sp³-hybridized carbons (Fsp3) is 1.00. The molecule has 2 aliphatic heterocycles. The Labute approximate surface area is 74.5 Å². The first-order valence-corrected chi connectivity index (χ1v) is 4.94. The molecule has 0 radical (unpaired) electrons. The van der Waals surface area contributed by atoms with Crippen molar-refractivity contribution >= 4 is 0 Å². The Morgan fingerprint density at radius 3 is 2.50 bits per heavy atom. The number of likely N-dealkylation sites (N-methyl/N-ethyl adjacent to an activating group) is 1.